The Balaban J connectivity index is 4.63. The van der Waals surface area contributed by atoms with Gasteiger partial charge in [-0.05, 0) is 20.8 Å². The zero-order chi connectivity index (χ0) is 9.78. The molecule has 0 aliphatic rings. The van der Waals surface area contributed by atoms with Gasteiger partial charge in [0.25, 0.3) is 0 Å². The SMILES string of the molecule is CCOC(=O)C(C)(N=N)C(C)=O. The van der Waals surface area contributed by atoms with Crippen molar-refractivity contribution in [2.24, 2.45) is 5.11 Å². The molecule has 0 saturated heterocycles. The van der Waals surface area contributed by atoms with Crippen LogP contribution in [0.4, 0.5) is 0 Å². The topological polar surface area (TPSA) is 79.6 Å². The van der Waals surface area contributed by atoms with Crippen LogP contribution < -0.4 is 0 Å². The van der Waals surface area contributed by atoms with Crippen LogP contribution in [0.2, 0.25) is 0 Å². The van der Waals surface area contributed by atoms with Gasteiger partial charge in [-0.15, -0.1) is 0 Å². The number of carbonyl (C=O) groups excluding carboxylic acids is 2. The molecule has 0 fully saturated rings. The molecule has 0 aromatic rings. The second-order valence-electron chi connectivity index (χ2n) is 2.46. The molecule has 0 aromatic heterocycles. The number of esters is 1. The van der Waals surface area contributed by atoms with Gasteiger partial charge in [-0.3, -0.25) is 4.79 Å². The van der Waals surface area contributed by atoms with Crippen molar-refractivity contribution in [1.29, 1.82) is 5.53 Å². The third kappa shape index (κ3) is 1.87. The largest absolute Gasteiger partial charge is 0.464 e. The summed E-state index contributed by atoms with van der Waals surface area (Å²) in [6.45, 7) is 4.27. The number of nitrogens with one attached hydrogen (secondary N) is 1. The molecular formula is C7H12N2O3. The highest BCUT2D eigenvalue weighted by molar-refractivity contribution is 6.07. The number of hydrogen-bond donors (Lipinski definition) is 1. The maximum atomic E-state index is 11.1. The first-order chi connectivity index (χ1) is 5.49. The van der Waals surface area contributed by atoms with Gasteiger partial charge in [0.15, 0.2) is 5.78 Å². The Bertz CT molecular complexity index is 215. The lowest BCUT2D eigenvalue weighted by atomic mass is 9.99. The van der Waals surface area contributed by atoms with E-state index in [0.717, 1.165) is 0 Å². The van der Waals surface area contributed by atoms with Crippen LogP contribution >= 0.6 is 0 Å². The molecule has 1 unspecified atom stereocenters. The van der Waals surface area contributed by atoms with Crippen LogP contribution in [0.1, 0.15) is 20.8 Å². The maximum absolute atomic E-state index is 11.1. The molecule has 1 N–H and O–H groups in total. The summed E-state index contributed by atoms with van der Waals surface area (Å²) < 4.78 is 4.59. The Labute approximate surface area is 70.6 Å². The Morgan fingerprint density at radius 1 is 1.58 bits per heavy atom. The van der Waals surface area contributed by atoms with E-state index < -0.39 is 17.3 Å². The van der Waals surface area contributed by atoms with Crippen molar-refractivity contribution in [3.8, 4) is 0 Å². The summed E-state index contributed by atoms with van der Waals surface area (Å²) in [5.41, 5.74) is 5.04. The van der Waals surface area contributed by atoms with E-state index in [4.69, 9.17) is 5.53 Å². The fourth-order valence-electron chi connectivity index (χ4n) is 0.540. The summed E-state index contributed by atoms with van der Waals surface area (Å²) in [5.74, 6) is -1.26. The fraction of sp³-hybridized carbons (Fsp3) is 0.714. The second-order valence-corrected chi connectivity index (χ2v) is 2.46. The van der Waals surface area contributed by atoms with Crippen molar-refractivity contribution in [1.82, 2.24) is 0 Å². The molecule has 0 radical (unpaired) electrons. The molecule has 68 valence electrons. The molecule has 0 rings (SSSR count). The van der Waals surface area contributed by atoms with Gasteiger partial charge in [-0.25, -0.2) is 10.3 Å². The highest BCUT2D eigenvalue weighted by atomic mass is 16.5. The molecule has 0 bridgehead atoms. The summed E-state index contributed by atoms with van der Waals surface area (Å²) in [7, 11) is 0. The molecular weight excluding hydrogens is 160 g/mol. The van der Waals surface area contributed by atoms with Crippen molar-refractivity contribution in [3.05, 3.63) is 0 Å². The van der Waals surface area contributed by atoms with E-state index >= 15 is 0 Å². The monoisotopic (exact) mass is 172 g/mol. The van der Waals surface area contributed by atoms with Gasteiger partial charge in [-0.2, -0.15) is 5.11 Å². The minimum atomic E-state index is -1.66. The van der Waals surface area contributed by atoms with Crippen LogP contribution in [0, 0.1) is 5.53 Å². The van der Waals surface area contributed by atoms with Crippen molar-refractivity contribution in [3.63, 3.8) is 0 Å². The van der Waals surface area contributed by atoms with Gasteiger partial charge in [0.2, 0.25) is 5.54 Å². The standard InChI is InChI=1S/C7H12N2O3/c1-4-12-6(11)7(3,9-8)5(2)10/h8H,4H2,1-3H3. The summed E-state index contributed by atoms with van der Waals surface area (Å²) >= 11 is 0. The van der Waals surface area contributed by atoms with E-state index in [1.54, 1.807) is 6.92 Å². The Hall–Kier alpha value is -1.26. The van der Waals surface area contributed by atoms with E-state index in [1.165, 1.54) is 13.8 Å². The van der Waals surface area contributed by atoms with Crippen molar-refractivity contribution >= 4 is 11.8 Å². The third-order valence-corrected chi connectivity index (χ3v) is 1.58. The maximum Gasteiger partial charge on any atom is 0.343 e. The highest BCUT2D eigenvalue weighted by Gasteiger charge is 2.39. The lowest BCUT2D eigenvalue weighted by Crippen LogP contribution is -2.41. The number of Topliss-reactive ketones (excluding diaryl/α,β-unsaturated/α-hetero) is 1. The predicted octanol–water partition coefficient (Wildman–Crippen LogP) is 0.928. The molecule has 0 aliphatic carbocycles. The Morgan fingerprint density at radius 3 is 2.33 bits per heavy atom. The van der Waals surface area contributed by atoms with Crippen molar-refractivity contribution in [2.75, 3.05) is 6.61 Å². The number of rotatable bonds is 4. The molecule has 5 nitrogen and oxygen atoms in total. The van der Waals surface area contributed by atoms with Crippen LogP contribution in [0.5, 0.6) is 0 Å². The molecule has 12 heavy (non-hydrogen) atoms. The first-order valence-electron chi connectivity index (χ1n) is 3.56. The molecule has 0 saturated carbocycles. The molecule has 0 spiro atoms. The van der Waals surface area contributed by atoms with Crippen LogP contribution in [0.15, 0.2) is 5.11 Å². The van der Waals surface area contributed by atoms with E-state index in [1.807, 2.05) is 0 Å². The van der Waals surface area contributed by atoms with Gasteiger partial charge in [0.1, 0.15) is 0 Å². The first-order valence-corrected chi connectivity index (χ1v) is 3.56. The fourth-order valence-corrected chi connectivity index (χ4v) is 0.540. The zero-order valence-corrected chi connectivity index (χ0v) is 7.38. The molecule has 0 heterocycles. The highest BCUT2D eigenvalue weighted by Crippen LogP contribution is 2.13. The van der Waals surface area contributed by atoms with Gasteiger partial charge in [0.05, 0.1) is 6.61 Å². The van der Waals surface area contributed by atoms with E-state index in [-0.39, 0.29) is 6.61 Å². The molecule has 0 aliphatic heterocycles. The third-order valence-electron chi connectivity index (χ3n) is 1.58. The van der Waals surface area contributed by atoms with E-state index in [9.17, 15) is 9.59 Å². The van der Waals surface area contributed by atoms with Crippen LogP contribution in [-0.4, -0.2) is 23.9 Å². The van der Waals surface area contributed by atoms with Crippen LogP contribution in [0.3, 0.4) is 0 Å². The summed E-state index contributed by atoms with van der Waals surface area (Å²) in [4.78, 5) is 22.0. The smallest absolute Gasteiger partial charge is 0.343 e. The lowest BCUT2D eigenvalue weighted by Gasteiger charge is -2.16. The molecule has 5 heteroatoms. The minimum Gasteiger partial charge on any atom is -0.464 e. The normalized spacial score (nSPS) is 14.6. The van der Waals surface area contributed by atoms with E-state index in [2.05, 4.69) is 9.85 Å². The average molecular weight is 172 g/mol. The summed E-state index contributed by atoms with van der Waals surface area (Å²) in [6.07, 6.45) is 0. The molecule has 0 aromatic carbocycles. The number of nitrogens with zero attached hydrogens (tertiary/aromatic N) is 1. The predicted molar refractivity (Wildman–Crippen MR) is 40.9 cm³/mol. The van der Waals surface area contributed by atoms with Crippen molar-refractivity contribution in [2.45, 2.75) is 26.3 Å². The number of ketones is 1. The van der Waals surface area contributed by atoms with Crippen molar-refractivity contribution < 1.29 is 14.3 Å². The summed E-state index contributed by atoms with van der Waals surface area (Å²) in [5, 5.41) is 2.96. The zero-order valence-electron chi connectivity index (χ0n) is 7.38. The lowest BCUT2D eigenvalue weighted by molar-refractivity contribution is -0.152. The Morgan fingerprint density at radius 2 is 2.08 bits per heavy atom. The van der Waals surface area contributed by atoms with Gasteiger partial charge >= 0.3 is 5.97 Å². The first kappa shape index (κ1) is 10.7. The quantitative estimate of drug-likeness (QED) is 0.389. The number of ether oxygens (including phenoxy) is 1. The molecule has 1 atom stereocenters. The van der Waals surface area contributed by atoms with Crippen LogP contribution in [-0.2, 0) is 14.3 Å². The molecule has 0 amide bonds. The van der Waals surface area contributed by atoms with E-state index in [0.29, 0.717) is 0 Å². The number of hydrogen-bond acceptors (Lipinski definition) is 5. The van der Waals surface area contributed by atoms with Gasteiger partial charge in [-0.1, -0.05) is 0 Å². The van der Waals surface area contributed by atoms with Crippen LogP contribution in [0.25, 0.3) is 0 Å². The minimum absolute atomic E-state index is 0.178. The second kappa shape index (κ2) is 3.94. The number of carbonyl (C=O) groups is 2. The average Bonchev–Trinajstić information content (AvgIpc) is 2.03. The summed E-state index contributed by atoms with van der Waals surface area (Å²) in [6, 6.07) is 0. The Kier molecular flexibility index (Phi) is 3.53. The van der Waals surface area contributed by atoms with Gasteiger partial charge < -0.3 is 4.74 Å². The van der Waals surface area contributed by atoms with Gasteiger partial charge in [0, 0.05) is 0 Å².